The molecule has 0 aromatic carbocycles. The highest BCUT2D eigenvalue weighted by molar-refractivity contribution is 4.21. The van der Waals surface area contributed by atoms with Crippen LogP contribution in [0, 0.1) is 0 Å². The number of unbranched alkanes of at least 4 members (excludes halogenated alkanes) is 1. The van der Waals surface area contributed by atoms with Crippen molar-refractivity contribution in [2.45, 2.75) is 19.8 Å². The Hall–Kier alpha value is -0.160. The molecule has 0 rings (SSSR count). The van der Waals surface area contributed by atoms with Crippen molar-refractivity contribution in [3.05, 3.63) is 0 Å². The third-order valence-electron chi connectivity index (χ3n) is 0.498. The Balaban J connectivity index is -0.0000000655. The van der Waals surface area contributed by atoms with Crippen molar-refractivity contribution in [2.75, 3.05) is 63.0 Å². The zero-order valence-corrected chi connectivity index (χ0v) is 12.9. The van der Waals surface area contributed by atoms with Crippen LogP contribution in [0.1, 0.15) is 19.8 Å². The van der Waals surface area contributed by atoms with Gasteiger partial charge in [0.1, 0.15) is 0 Å². The molecule has 0 atom stereocenters. The first-order chi connectivity index (χ1) is 6.41. The molecule has 104 valence electrons. The number of nitrogens with zero attached hydrogens (tertiary/aromatic N) is 2. The second-order valence-corrected chi connectivity index (χ2v) is 6.42. The fraction of sp³-hybridized carbons (Fsp3) is 1.00. The average Bonchev–Trinajstić information content (AvgIpc) is 1.80. The van der Waals surface area contributed by atoms with Gasteiger partial charge >= 0.3 is 0 Å². The van der Waals surface area contributed by atoms with Gasteiger partial charge in [0.2, 0.25) is 0 Å². The summed E-state index contributed by atoms with van der Waals surface area (Å²) in [5, 5.41) is 9.53. The van der Waals surface area contributed by atoms with Gasteiger partial charge in [-0.2, -0.15) is 0 Å². The molecule has 0 aliphatic rings. The van der Waals surface area contributed by atoms with Crippen molar-refractivity contribution in [3.63, 3.8) is 0 Å². The van der Waals surface area contributed by atoms with E-state index in [0.29, 0.717) is 0 Å². The predicted molar refractivity (Wildman–Crippen MR) is 69.6 cm³/mol. The first kappa shape index (κ1) is 24.9. The molecule has 0 unspecified atom stereocenters. The lowest BCUT2D eigenvalue weighted by Crippen LogP contribution is -2.27. The largest absolute Gasteiger partial charge is 0.870 e. The van der Waals surface area contributed by atoms with Gasteiger partial charge in [-0.15, -0.1) is 6.61 Å². The van der Waals surface area contributed by atoms with E-state index in [1.54, 1.807) is 0 Å². The zero-order chi connectivity index (χ0) is 13.1. The second kappa shape index (κ2) is 12.9. The zero-order valence-electron chi connectivity index (χ0n) is 12.9. The highest BCUT2D eigenvalue weighted by Gasteiger charge is 1.88. The maximum Gasteiger partial charge on any atom is 0.0675 e. The summed E-state index contributed by atoms with van der Waals surface area (Å²) < 4.78 is 2.00. The fourth-order valence-electron chi connectivity index (χ4n) is 0.144. The van der Waals surface area contributed by atoms with Gasteiger partial charge in [-0.1, -0.05) is 19.8 Å². The van der Waals surface area contributed by atoms with Gasteiger partial charge in [-0.3, -0.25) is 0 Å². The van der Waals surface area contributed by atoms with Gasteiger partial charge in [-0.25, -0.2) is 0 Å². The van der Waals surface area contributed by atoms with Crippen molar-refractivity contribution in [1.82, 2.24) is 0 Å². The smallest absolute Gasteiger partial charge is 0.0675 e. The van der Waals surface area contributed by atoms with E-state index in [2.05, 4.69) is 56.4 Å². The third-order valence-corrected chi connectivity index (χ3v) is 0.498. The summed E-state index contributed by atoms with van der Waals surface area (Å²) in [6, 6.07) is 0. The van der Waals surface area contributed by atoms with E-state index in [9.17, 15) is 5.11 Å². The van der Waals surface area contributed by atoms with Crippen LogP contribution in [0.2, 0.25) is 0 Å². The van der Waals surface area contributed by atoms with Crippen LogP contribution in [0.4, 0.5) is 0 Å². The molecule has 0 heterocycles. The lowest BCUT2D eigenvalue weighted by Gasteiger charge is -2.14. The predicted octanol–water partition coefficient (Wildman–Crippen LogP) is 0.615. The first-order valence-corrected chi connectivity index (χ1v) is 5.57. The molecule has 0 aromatic heterocycles. The summed E-state index contributed by atoms with van der Waals surface area (Å²) in [5.74, 6) is 0. The van der Waals surface area contributed by atoms with Gasteiger partial charge < -0.3 is 19.5 Å². The van der Waals surface area contributed by atoms with Gasteiger partial charge in [0.25, 0.3) is 0 Å². The van der Waals surface area contributed by atoms with Crippen LogP contribution in [0.25, 0.3) is 0 Å². The summed E-state index contributed by atoms with van der Waals surface area (Å²) in [7, 11) is 17.0. The molecule has 4 nitrogen and oxygen atoms in total. The minimum Gasteiger partial charge on any atom is -0.870 e. The Morgan fingerprint density at radius 3 is 0.938 bits per heavy atom. The van der Waals surface area contributed by atoms with E-state index in [1.165, 1.54) is 0 Å². The molecular weight excluding hydrogens is 204 g/mol. The monoisotopic (exact) mass is 238 g/mol. The number of rotatable bonds is 2. The molecule has 0 aliphatic carbocycles. The summed E-state index contributed by atoms with van der Waals surface area (Å²) >= 11 is 0. The molecule has 0 spiro atoms. The minimum atomic E-state index is 0. The molecule has 1 N–H and O–H groups in total. The molecule has 0 radical (unpaired) electrons. The van der Waals surface area contributed by atoms with Gasteiger partial charge in [0.05, 0.1) is 56.4 Å². The Morgan fingerprint density at radius 1 is 0.750 bits per heavy atom. The normalized spacial score (nSPS) is 10.1. The van der Waals surface area contributed by atoms with Gasteiger partial charge in [0, 0.05) is 0 Å². The van der Waals surface area contributed by atoms with E-state index in [1.807, 2.05) is 6.92 Å². The summed E-state index contributed by atoms with van der Waals surface area (Å²) in [6.45, 7) is 2.11. The van der Waals surface area contributed by atoms with Gasteiger partial charge in [0.15, 0.2) is 0 Å². The topological polar surface area (TPSA) is 53.1 Å². The maximum atomic E-state index is 9.53. The first-order valence-electron chi connectivity index (χ1n) is 5.57. The van der Waals surface area contributed by atoms with Crippen LogP contribution in [0.5, 0.6) is 0 Å². The summed E-state index contributed by atoms with van der Waals surface area (Å²) in [4.78, 5) is 0. The molecule has 0 amide bonds. The fourth-order valence-corrected chi connectivity index (χ4v) is 0.144. The minimum absolute atomic E-state index is 0. The molecular formula is C12H34N2O2. The van der Waals surface area contributed by atoms with Crippen molar-refractivity contribution in [2.24, 2.45) is 0 Å². The standard InChI is InChI=1S/2C4H12N.C4H9O.H2O/c2*1-5(2,3)4;1-2-3-4-5;/h2*1-4H3;2-4H2,1H3;1H2/q2*+1;-1;/p-1. The number of hydrogen-bond acceptors (Lipinski definition) is 2. The maximum absolute atomic E-state index is 9.53. The van der Waals surface area contributed by atoms with Crippen LogP contribution in [-0.4, -0.2) is 77.4 Å². The van der Waals surface area contributed by atoms with E-state index in [-0.39, 0.29) is 12.1 Å². The lowest BCUT2D eigenvalue weighted by atomic mass is 10.4. The highest BCUT2D eigenvalue weighted by Crippen LogP contribution is 1.76. The molecule has 0 aromatic rings. The quantitative estimate of drug-likeness (QED) is 0.662. The Morgan fingerprint density at radius 2 is 0.938 bits per heavy atom. The molecule has 4 heteroatoms. The van der Waals surface area contributed by atoms with Crippen molar-refractivity contribution in [3.8, 4) is 0 Å². The van der Waals surface area contributed by atoms with Crippen LogP contribution >= 0.6 is 0 Å². The Bertz CT molecular complexity index is 89.2. The van der Waals surface area contributed by atoms with Crippen molar-refractivity contribution in [1.29, 1.82) is 0 Å². The van der Waals surface area contributed by atoms with E-state index < -0.39 is 0 Å². The van der Waals surface area contributed by atoms with E-state index in [0.717, 1.165) is 21.8 Å². The number of hydrogen-bond donors (Lipinski definition) is 0. The van der Waals surface area contributed by atoms with Crippen LogP contribution in [0.15, 0.2) is 0 Å². The number of quaternary nitrogens is 2. The third kappa shape index (κ3) is 674. The molecule has 16 heavy (non-hydrogen) atoms. The molecule has 0 aliphatic heterocycles. The molecule has 0 saturated carbocycles. The molecule has 0 saturated heterocycles. The Kier molecular flexibility index (Phi) is 20.1. The summed E-state index contributed by atoms with van der Waals surface area (Å²) in [5.41, 5.74) is 0. The van der Waals surface area contributed by atoms with Crippen molar-refractivity contribution >= 4 is 0 Å². The molecule has 0 bridgehead atoms. The van der Waals surface area contributed by atoms with Crippen LogP contribution < -0.4 is 5.11 Å². The second-order valence-electron chi connectivity index (χ2n) is 6.42. The average molecular weight is 238 g/mol. The van der Waals surface area contributed by atoms with Gasteiger partial charge in [-0.05, 0) is 0 Å². The lowest BCUT2D eigenvalue weighted by molar-refractivity contribution is -0.849. The molecule has 0 fully saturated rings. The van der Waals surface area contributed by atoms with E-state index >= 15 is 0 Å². The Labute approximate surface area is 103 Å². The van der Waals surface area contributed by atoms with Crippen LogP contribution in [0.3, 0.4) is 0 Å². The van der Waals surface area contributed by atoms with Crippen molar-refractivity contribution < 1.29 is 19.5 Å². The summed E-state index contributed by atoms with van der Waals surface area (Å²) in [6.07, 6.45) is 1.86. The highest BCUT2D eigenvalue weighted by atomic mass is 16.2. The van der Waals surface area contributed by atoms with Crippen LogP contribution in [-0.2, 0) is 0 Å². The SMILES string of the molecule is CCCC[O-].C[N+](C)(C)C.C[N+](C)(C)C.[OH-]. The van der Waals surface area contributed by atoms with E-state index in [4.69, 9.17) is 0 Å².